The van der Waals surface area contributed by atoms with Crippen molar-refractivity contribution >= 4 is 53.0 Å². The molecule has 2 aliphatic heterocycles. The van der Waals surface area contributed by atoms with E-state index in [-0.39, 0.29) is 10.9 Å². The normalized spacial score (nSPS) is 19.1. The standard InChI is InChI=1S/C23H20ClNO4S2/c1-28-16-7-3-14(4-8-16)21-18(13-26)20(24)19(23-30-11-12-31-23)22(27)25(21)15-5-9-17(29-2)10-6-15/h3-10,13,21H,11-12H2,1-2H3. The molecule has 0 bridgehead atoms. The quantitative estimate of drug-likeness (QED) is 0.441. The van der Waals surface area contributed by atoms with Crippen molar-refractivity contribution in [3.63, 3.8) is 0 Å². The maximum absolute atomic E-state index is 13.8. The highest BCUT2D eigenvalue weighted by Crippen LogP contribution is 2.48. The Kier molecular flexibility index (Phi) is 6.65. The summed E-state index contributed by atoms with van der Waals surface area (Å²) in [6.45, 7) is 0. The Labute approximate surface area is 194 Å². The lowest BCUT2D eigenvalue weighted by Gasteiger charge is -2.37. The highest BCUT2D eigenvalue weighted by Gasteiger charge is 2.41. The fourth-order valence-corrected chi connectivity index (χ4v) is 6.58. The summed E-state index contributed by atoms with van der Waals surface area (Å²) >= 11 is 9.90. The first-order chi connectivity index (χ1) is 15.1. The van der Waals surface area contributed by atoms with Gasteiger partial charge in [0, 0.05) is 22.8 Å². The van der Waals surface area contributed by atoms with Crippen LogP contribution in [0.3, 0.4) is 0 Å². The smallest absolute Gasteiger partial charge is 0.262 e. The minimum absolute atomic E-state index is 0.224. The van der Waals surface area contributed by atoms with Crippen LogP contribution in [0.2, 0.25) is 0 Å². The van der Waals surface area contributed by atoms with Crippen molar-refractivity contribution in [2.45, 2.75) is 6.04 Å². The molecule has 2 heterocycles. The zero-order chi connectivity index (χ0) is 22.0. The van der Waals surface area contributed by atoms with E-state index < -0.39 is 6.04 Å². The van der Waals surface area contributed by atoms with Gasteiger partial charge >= 0.3 is 0 Å². The van der Waals surface area contributed by atoms with E-state index in [9.17, 15) is 9.59 Å². The van der Waals surface area contributed by atoms with Gasteiger partial charge in [0.25, 0.3) is 5.91 Å². The highest BCUT2D eigenvalue weighted by molar-refractivity contribution is 8.25. The third-order valence-corrected chi connectivity index (χ3v) is 8.24. The highest BCUT2D eigenvalue weighted by atomic mass is 35.5. The number of aldehydes is 1. The number of ether oxygens (including phenoxy) is 2. The maximum Gasteiger partial charge on any atom is 0.262 e. The second-order valence-corrected chi connectivity index (χ2v) is 9.64. The lowest BCUT2D eigenvalue weighted by Crippen LogP contribution is -2.41. The largest absolute Gasteiger partial charge is 0.497 e. The summed E-state index contributed by atoms with van der Waals surface area (Å²) in [6, 6.07) is 13.9. The number of benzene rings is 2. The fraction of sp³-hybridized carbons (Fsp3) is 0.217. The van der Waals surface area contributed by atoms with Crippen LogP contribution in [0.5, 0.6) is 11.5 Å². The lowest BCUT2D eigenvalue weighted by molar-refractivity contribution is -0.115. The van der Waals surface area contributed by atoms with Crippen LogP contribution in [-0.2, 0) is 9.59 Å². The number of halogens is 1. The van der Waals surface area contributed by atoms with E-state index in [1.54, 1.807) is 66.9 Å². The minimum Gasteiger partial charge on any atom is -0.497 e. The first kappa shape index (κ1) is 21.9. The van der Waals surface area contributed by atoms with Crippen molar-refractivity contribution in [3.05, 3.63) is 74.5 Å². The van der Waals surface area contributed by atoms with Crippen LogP contribution < -0.4 is 14.4 Å². The molecule has 0 aromatic heterocycles. The van der Waals surface area contributed by atoms with E-state index >= 15 is 0 Å². The summed E-state index contributed by atoms with van der Waals surface area (Å²) in [5, 5.41) is 0.225. The Hall–Kier alpha value is -2.35. The third kappa shape index (κ3) is 4.10. The van der Waals surface area contributed by atoms with Crippen LogP contribution in [0.1, 0.15) is 11.6 Å². The molecule has 5 nitrogen and oxygen atoms in total. The number of amides is 1. The molecular weight excluding hydrogens is 454 g/mol. The van der Waals surface area contributed by atoms with Gasteiger partial charge in [-0.15, -0.1) is 23.5 Å². The minimum atomic E-state index is -0.655. The van der Waals surface area contributed by atoms with Gasteiger partial charge in [-0.25, -0.2) is 0 Å². The number of nitrogens with zero attached hydrogens (tertiary/aromatic N) is 1. The molecule has 2 aliphatic rings. The van der Waals surface area contributed by atoms with Crippen LogP contribution in [0.4, 0.5) is 5.69 Å². The van der Waals surface area contributed by atoms with E-state index in [0.717, 1.165) is 27.6 Å². The first-order valence-corrected chi connectivity index (χ1v) is 11.9. The predicted molar refractivity (Wildman–Crippen MR) is 127 cm³/mol. The van der Waals surface area contributed by atoms with E-state index in [1.165, 1.54) is 0 Å². The lowest BCUT2D eigenvalue weighted by atomic mass is 9.91. The molecule has 2 aromatic rings. The third-order valence-electron chi connectivity index (χ3n) is 5.12. The molecule has 0 saturated carbocycles. The van der Waals surface area contributed by atoms with Gasteiger partial charge in [0.1, 0.15) is 17.8 Å². The monoisotopic (exact) mass is 473 g/mol. The first-order valence-electron chi connectivity index (χ1n) is 9.55. The average Bonchev–Trinajstić information content (AvgIpc) is 3.33. The summed E-state index contributed by atoms with van der Waals surface area (Å²) in [6.07, 6.45) is 0.755. The number of thioether (sulfide) groups is 2. The van der Waals surface area contributed by atoms with Gasteiger partial charge in [-0.1, -0.05) is 23.7 Å². The maximum atomic E-state index is 13.8. The van der Waals surface area contributed by atoms with Gasteiger partial charge in [-0.2, -0.15) is 0 Å². The van der Waals surface area contributed by atoms with Crippen molar-refractivity contribution in [2.75, 3.05) is 30.6 Å². The van der Waals surface area contributed by atoms with Gasteiger partial charge in [0.15, 0.2) is 0 Å². The second kappa shape index (κ2) is 9.42. The number of carbonyl (C=O) groups excluding carboxylic acids is 2. The number of methoxy groups -OCH3 is 2. The molecule has 31 heavy (non-hydrogen) atoms. The number of rotatable bonds is 5. The molecule has 0 spiro atoms. The Bertz CT molecular complexity index is 1060. The molecular formula is C23H20ClNO4S2. The predicted octanol–water partition coefficient (Wildman–Crippen LogP) is 5.18. The summed E-state index contributed by atoms with van der Waals surface area (Å²) in [5.74, 6) is 2.95. The fourth-order valence-electron chi connectivity index (χ4n) is 3.61. The van der Waals surface area contributed by atoms with Crippen molar-refractivity contribution in [3.8, 4) is 11.5 Å². The molecule has 1 fully saturated rings. The Balaban J connectivity index is 1.93. The van der Waals surface area contributed by atoms with Crippen LogP contribution in [0, 0.1) is 0 Å². The molecule has 1 atom stereocenters. The van der Waals surface area contributed by atoms with Crippen LogP contribution in [0.25, 0.3) is 0 Å². The molecule has 1 unspecified atom stereocenters. The van der Waals surface area contributed by atoms with Gasteiger partial charge in [-0.05, 0) is 42.0 Å². The summed E-state index contributed by atoms with van der Waals surface area (Å²) in [7, 11) is 3.18. The molecule has 2 aromatic carbocycles. The van der Waals surface area contributed by atoms with Crippen molar-refractivity contribution in [1.82, 2.24) is 0 Å². The van der Waals surface area contributed by atoms with Crippen molar-refractivity contribution in [1.29, 1.82) is 0 Å². The van der Waals surface area contributed by atoms with Gasteiger partial charge in [0.05, 0.1) is 35.1 Å². The van der Waals surface area contributed by atoms with Crippen LogP contribution >= 0.6 is 35.1 Å². The zero-order valence-electron chi connectivity index (χ0n) is 17.0. The Morgan fingerprint density at radius 2 is 1.52 bits per heavy atom. The van der Waals surface area contributed by atoms with Crippen LogP contribution in [0.15, 0.2) is 68.9 Å². The van der Waals surface area contributed by atoms with E-state index in [1.807, 2.05) is 24.3 Å². The van der Waals surface area contributed by atoms with Crippen molar-refractivity contribution in [2.24, 2.45) is 0 Å². The number of carbonyl (C=O) groups is 2. The summed E-state index contributed by atoms with van der Waals surface area (Å²) in [4.78, 5) is 27.7. The molecule has 1 saturated heterocycles. The number of hydrogen-bond donors (Lipinski definition) is 0. The molecule has 8 heteroatoms. The van der Waals surface area contributed by atoms with Crippen LogP contribution in [-0.4, -0.2) is 37.9 Å². The SMILES string of the molecule is COc1ccc(C2C(C=O)=C(Cl)C(=C3SCCS3)C(=O)N2c2ccc(OC)cc2)cc1. The molecule has 160 valence electrons. The summed E-state index contributed by atoms with van der Waals surface area (Å²) in [5.41, 5.74) is 2.18. The summed E-state index contributed by atoms with van der Waals surface area (Å²) < 4.78 is 11.4. The molecule has 4 rings (SSSR count). The van der Waals surface area contributed by atoms with E-state index in [4.69, 9.17) is 21.1 Å². The zero-order valence-corrected chi connectivity index (χ0v) is 19.4. The average molecular weight is 474 g/mol. The Morgan fingerprint density at radius 1 is 0.968 bits per heavy atom. The van der Waals surface area contributed by atoms with Gasteiger partial charge in [0.2, 0.25) is 0 Å². The van der Waals surface area contributed by atoms with E-state index in [0.29, 0.717) is 28.3 Å². The molecule has 0 N–H and O–H groups in total. The molecule has 0 aliphatic carbocycles. The Morgan fingerprint density at radius 3 is 2.03 bits per heavy atom. The molecule has 1 amide bonds. The topological polar surface area (TPSA) is 55.8 Å². The van der Waals surface area contributed by atoms with E-state index in [2.05, 4.69) is 0 Å². The number of hydrogen-bond acceptors (Lipinski definition) is 6. The molecule has 0 radical (unpaired) electrons. The van der Waals surface area contributed by atoms with Gasteiger partial charge < -0.3 is 9.47 Å². The second-order valence-electron chi connectivity index (χ2n) is 6.80. The van der Waals surface area contributed by atoms with Gasteiger partial charge in [-0.3, -0.25) is 14.5 Å². The van der Waals surface area contributed by atoms with Crippen molar-refractivity contribution < 1.29 is 19.1 Å². The number of anilines is 1.